The molecule has 0 spiro atoms. The highest BCUT2D eigenvalue weighted by Crippen LogP contribution is 2.28. The molecule has 0 aromatic heterocycles. The van der Waals surface area contributed by atoms with Gasteiger partial charge in [0.05, 0.1) is 5.92 Å². The third-order valence-electron chi connectivity index (χ3n) is 3.29. The van der Waals surface area contributed by atoms with Gasteiger partial charge < -0.3 is 4.74 Å². The summed E-state index contributed by atoms with van der Waals surface area (Å²) in [5.41, 5.74) is 0. The Labute approximate surface area is 114 Å². The molecule has 1 saturated heterocycles. The van der Waals surface area contributed by atoms with E-state index in [9.17, 15) is 9.59 Å². The van der Waals surface area contributed by atoms with Crippen molar-refractivity contribution < 1.29 is 14.3 Å². The fourth-order valence-electron chi connectivity index (χ4n) is 2.26. The molecule has 1 rings (SSSR count). The van der Waals surface area contributed by atoms with Crippen molar-refractivity contribution in [1.29, 1.82) is 0 Å². The van der Waals surface area contributed by atoms with E-state index in [-0.39, 0.29) is 23.1 Å². The second-order valence-electron chi connectivity index (χ2n) is 5.00. The van der Waals surface area contributed by atoms with Crippen LogP contribution in [0.5, 0.6) is 0 Å². The van der Waals surface area contributed by atoms with Crippen molar-refractivity contribution in [2.75, 3.05) is 5.75 Å². The van der Waals surface area contributed by atoms with Crippen LogP contribution in [0, 0.1) is 5.92 Å². The first-order valence-electron chi connectivity index (χ1n) is 6.97. The maximum atomic E-state index is 11.6. The third kappa shape index (κ3) is 5.89. The predicted molar refractivity (Wildman–Crippen MR) is 74.5 cm³/mol. The van der Waals surface area contributed by atoms with Crippen LogP contribution < -0.4 is 0 Å². The molecule has 0 N–H and O–H groups in total. The molecule has 3 nitrogen and oxygen atoms in total. The Hall–Kier alpha value is -0.510. The fraction of sp³-hybridized carbons (Fsp3) is 0.857. The van der Waals surface area contributed by atoms with Crippen LogP contribution in [0.15, 0.2) is 0 Å². The molecule has 0 aliphatic carbocycles. The Morgan fingerprint density at radius 3 is 2.72 bits per heavy atom. The summed E-state index contributed by atoms with van der Waals surface area (Å²) in [6.07, 6.45) is 7.82. The summed E-state index contributed by atoms with van der Waals surface area (Å²) in [4.78, 5) is 22.5. The molecular formula is C14H24O3S. The van der Waals surface area contributed by atoms with Crippen molar-refractivity contribution in [2.24, 2.45) is 5.92 Å². The second kappa shape index (κ2) is 8.57. The normalized spacial score (nSPS) is 23.1. The molecule has 18 heavy (non-hydrogen) atoms. The lowest BCUT2D eigenvalue weighted by Crippen LogP contribution is -2.10. The first-order valence-corrected chi connectivity index (χ1v) is 7.96. The van der Waals surface area contributed by atoms with Crippen molar-refractivity contribution in [3.8, 4) is 0 Å². The van der Waals surface area contributed by atoms with Gasteiger partial charge in [-0.05, 0) is 12.8 Å². The van der Waals surface area contributed by atoms with Crippen LogP contribution in [0.25, 0.3) is 0 Å². The van der Waals surface area contributed by atoms with Gasteiger partial charge in [0.2, 0.25) is 0 Å². The smallest absolute Gasteiger partial charge is 0.309 e. The number of thioether (sulfide) groups is 1. The average Bonchev–Trinajstić information content (AvgIpc) is 2.67. The van der Waals surface area contributed by atoms with E-state index in [0.29, 0.717) is 5.75 Å². The Bertz CT molecular complexity index is 278. The van der Waals surface area contributed by atoms with Crippen LogP contribution in [0.1, 0.15) is 58.8 Å². The maximum Gasteiger partial charge on any atom is 0.309 e. The van der Waals surface area contributed by atoms with Crippen molar-refractivity contribution in [1.82, 2.24) is 0 Å². The Balaban J connectivity index is 2.15. The SMILES string of the molecule is CCCCCCC[C@@H]1C[C@H](CSC(C)=O)OC1=O. The summed E-state index contributed by atoms with van der Waals surface area (Å²) >= 11 is 1.25. The van der Waals surface area contributed by atoms with E-state index >= 15 is 0 Å². The van der Waals surface area contributed by atoms with Gasteiger partial charge in [-0.15, -0.1) is 0 Å². The zero-order valence-corrected chi connectivity index (χ0v) is 12.3. The molecule has 1 heterocycles. The highest BCUT2D eigenvalue weighted by Gasteiger charge is 2.33. The number of hydrogen-bond donors (Lipinski definition) is 0. The lowest BCUT2D eigenvalue weighted by atomic mass is 9.97. The molecule has 1 aliphatic heterocycles. The summed E-state index contributed by atoms with van der Waals surface area (Å²) in [5, 5.41) is 0.0917. The number of carbonyl (C=O) groups is 2. The van der Waals surface area contributed by atoms with Gasteiger partial charge in [0, 0.05) is 12.7 Å². The minimum Gasteiger partial charge on any atom is -0.461 e. The van der Waals surface area contributed by atoms with E-state index in [1.165, 1.54) is 37.4 Å². The number of unbranched alkanes of at least 4 members (excludes halogenated alkanes) is 4. The van der Waals surface area contributed by atoms with Gasteiger partial charge in [0.1, 0.15) is 6.10 Å². The molecule has 0 bridgehead atoms. The Morgan fingerprint density at radius 2 is 2.06 bits per heavy atom. The van der Waals surface area contributed by atoms with Gasteiger partial charge in [-0.2, -0.15) is 0 Å². The molecule has 1 fully saturated rings. The molecule has 0 radical (unpaired) electrons. The van der Waals surface area contributed by atoms with E-state index in [4.69, 9.17) is 4.74 Å². The number of esters is 1. The van der Waals surface area contributed by atoms with Crippen molar-refractivity contribution in [2.45, 2.75) is 64.9 Å². The van der Waals surface area contributed by atoms with Crippen molar-refractivity contribution >= 4 is 22.8 Å². The minimum absolute atomic E-state index is 0.0490. The number of carbonyl (C=O) groups excluding carboxylic acids is 2. The van der Waals surface area contributed by atoms with Crippen LogP contribution in [-0.2, 0) is 14.3 Å². The van der Waals surface area contributed by atoms with Crippen molar-refractivity contribution in [3.63, 3.8) is 0 Å². The molecule has 0 saturated carbocycles. The van der Waals surface area contributed by atoms with E-state index in [1.807, 2.05) is 0 Å². The monoisotopic (exact) mass is 272 g/mol. The molecular weight excluding hydrogens is 248 g/mol. The number of cyclic esters (lactones) is 1. The van der Waals surface area contributed by atoms with E-state index in [1.54, 1.807) is 6.92 Å². The first-order chi connectivity index (χ1) is 8.63. The predicted octanol–water partition coefficient (Wildman–Crippen LogP) is 3.56. The van der Waals surface area contributed by atoms with Crippen molar-refractivity contribution in [3.05, 3.63) is 0 Å². The zero-order chi connectivity index (χ0) is 13.4. The highest BCUT2D eigenvalue weighted by molar-refractivity contribution is 8.13. The highest BCUT2D eigenvalue weighted by atomic mass is 32.2. The molecule has 0 unspecified atom stereocenters. The lowest BCUT2D eigenvalue weighted by molar-refractivity contribution is -0.143. The largest absolute Gasteiger partial charge is 0.461 e. The van der Waals surface area contributed by atoms with Crippen LogP contribution >= 0.6 is 11.8 Å². The number of rotatable bonds is 8. The quantitative estimate of drug-likeness (QED) is 0.500. The molecule has 0 amide bonds. The van der Waals surface area contributed by atoms with E-state index in [2.05, 4.69) is 6.92 Å². The topological polar surface area (TPSA) is 43.4 Å². The van der Waals surface area contributed by atoms with Crippen LogP contribution in [0.4, 0.5) is 0 Å². The first kappa shape index (κ1) is 15.5. The zero-order valence-electron chi connectivity index (χ0n) is 11.4. The summed E-state index contributed by atoms with van der Waals surface area (Å²) in [6.45, 7) is 3.75. The number of ether oxygens (including phenoxy) is 1. The van der Waals surface area contributed by atoms with E-state index in [0.717, 1.165) is 19.3 Å². The van der Waals surface area contributed by atoms with Gasteiger partial charge >= 0.3 is 5.97 Å². The molecule has 0 aromatic rings. The molecule has 104 valence electrons. The van der Waals surface area contributed by atoms with Crippen LogP contribution in [0.3, 0.4) is 0 Å². The fourth-order valence-corrected chi connectivity index (χ4v) is 2.89. The van der Waals surface area contributed by atoms with Gasteiger partial charge in [-0.1, -0.05) is 50.8 Å². The van der Waals surface area contributed by atoms with Gasteiger partial charge in [0.15, 0.2) is 5.12 Å². The summed E-state index contributed by atoms with van der Waals surface area (Å²) in [5.74, 6) is 0.636. The maximum absolute atomic E-state index is 11.6. The van der Waals surface area contributed by atoms with Gasteiger partial charge in [0.25, 0.3) is 0 Å². The third-order valence-corrected chi connectivity index (χ3v) is 4.24. The minimum atomic E-state index is -0.0559. The van der Waals surface area contributed by atoms with Gasteiger partial charge in [-0.25, -0.2) is 0 Å². The van der Waals surface area contributed by atoms with Crippen LogP contribution in [-0.4, -0.2) is 22.9 Å². The number of hydrogen-bond acceptors (Lipinski definition) is 4. The summed E-state index contributed by atoms with van der Waals surface area (Å²) in [7, 11) is 0. The second-order valence-corrected chi connectivity index (χ2v) is 6.19. The molecule has 0 aromatic carbocycles. The van der Waals surface area contributed by atoms with E-state index < -0.39 is 0 Å². The average molecular weight is 272 g/mol. The standard InChI is InChI=1S/C14H24O3S/c1-3-4-5-6-7-8-12-9-13(17-14(12)16)10-18-11(2)15/h12-13H,3-10H2,1-2H3/t12-,13-/m1/s1. The Morgan fingerprint density at radius 1 is 1.33 bits per heavy atom. The van der Waals surface area contributed by atoms with Gasteiger partial charge in [-0.3, -0.25) is 9.59 Å². The summed E-state index contributed by atoms with van der Waals surface area (Å²) < 4.78 is 5.29. The molecule has 2 atom stereocenters. The summed E-state index contributed by atoms with van der Waals surface area (Å²) in [6, 6.07) is 0. The Kier molecular flexibility index (Phi) is 7.40. The lowest BCUT2D eigenvalue weighted by Gasteiger charge is -2.06. The van der Waals surface area contributed by atoms with Crippen LogP contribution in [0.2, 0.25) is 0 Å². The molecule has 4 heteroatoms. The molecule has 1 aliphatic rings.